The van der Waals surface area contributed by atoms with Crippen LogP contribution in [0.25, 0.3) is 6.08 Å². The number of benzene rings is 2. The van der Waals surface area contributed by atoms with Crippen LogP contribution in [0.5, 0.6) is 0 Å². The predicted molar refractivity (Wildman–Crippen MR) is 136 cm³/mol. The fourth-order valence-corrected chi connectivity index (χ4v) is 3.78. The normalized spacial score (nSPS) is 11.2. The van der Waals surface area contributed by atoms with Gasteiger partial charge in [-0.2, -0.15) is 5.26 Å². The van der Waals surface area contributed by atoms with Crippen LogP contribution in [-0.2, 0) is 4.79 Å². The van der Waals surface area contributed by atoms with Crippen molar-refractivity contribution in [3.8, 4) is 6.07 Å². The van der Waals surface area contributed by atoms with Gasteiger partial charge in [-0.1, -0.05) is 53.6 Å². The van der Waals surface area contributed by atoms with Crippen molar-refractivity contribution in [3.63, 3.8) is 0 Å². The zero-order valence-corrected chi connectivity index (χ0v) is 22.9. The minimum Gasteiger partial charge on any atom is -1.00 e. The molecule has 36 heavy (non-hydrogen) atoms. The van der Waals surface area contributed by atoms with Crippen LogP contribution in [0.3, 0.4) is 0 Å². The molecule has 1 amide bonds. The Morgan fingerprint density at radius 1 is 1.11 bits per heavy atom. The average Bonchev–Trinajstić information content (AvgIpc) is 2.85. The van der Waals surface area contributed by atoms with E-state index in [1.807, 2.05) is 29.2 Å². The first-order valence-corrected chi connectivity index (χ1v) is 11.3. The van der Waals surface area contributed by atoms with Crippen molar-refractivity contribution in [2.45, 2.75) is 18.9 Å². The second kappa shape index (κ2) is 14.6. The number of carbonyl (C=O) groups is 2. The van der Waals surface area contributed by atoms with Crippen molar-refractivity contribution in [2.75, 3.05) is 11.4 Å². The first-order chi connectivity index (χ1) is 16.9. The maximum atomic E-state index is 12.5. The van der Waals surface area contributed by atoms with Gasteiger partial charge in [-0.05, 0) is 42.3 Å². The van der Waals surface area contributed by atoms with Gasteiger partial charge in [-0.25, -0.2) is 14.8 Å². The average molecular weight is 534 g/mol. The number of nitrogens with zero attached hydrogens (tertiary/aromatic N) is 4. The van der Waals surface area contributed by atoms with Gasteiger partial charge in [0, 0.05) is 24.6 Å². The van der Waals surface area contributed by atoms with Crippen LogP contribution in [0.1, 0.15) is 30.2 Å². The molecule has 1 unspecified atom stereocenters. The van der Waals surface area contributed by atoms with E-state index in [0.717, 1.165) is 11.3 Å². The summed E-state index contributed by atoms with van der Waals surface area (Å²) in [5, 5.41) is 21.2. The molecule has 0 saturated heterocycles. The Balaban J connectivity index is 0.00000342. The van der Waals surface area contributed by atoms with Gasteiger partial charge in [0.05, 0.1) is 28.1 Å². The van der Waals surface area contributed by atoms with E-state index >= 15 is 0 Å². The molecule has 1 heterocycles. The minimum absolute atomic E-state index is 0. The molecule has 8 nitrogen and oxygen atoms in total. The zero-order valence-electron chi connectivity index (χ0n) is 20.4. The smallest absolute Gasteiger partial charge is 1.00 e. The second-order valence-corrected chi connectivity index (χ2v) is 8.11. The Morgan fingerprint density at radius 2 is 1.75 bits per heavy atom. The van der Waals surface area contributed by atoms with Crippen LogP contribution >= 0.6 is 23.2 Å². The summed E-state index contributed by atoms with van der Waals surface area (Å²) in [6.45, 7) is 0.436. The SMILES string of the molecule is N#CCCN(c1ccc(C=CCC(NC(=O)c2c(Cl)cccc2Cl)C(=O)O)cc1)c1ncccn1.[H-].[Na+]. The van der Waals surface area contributed by atoms with Gasteiger partial charge in [0.2, 0.25) is 5.95 Å². The molecule has 3 rings (SSSR count). The van der Waals surface area contributed by atoms with Crippen LogP contribution in [0.2, 0.25) is 10.0 Å². The quantitative estimate of drug-likeness (QED) is 0.383. The first-order valence-electron chi connectivity index (χ1n) is 10.6. The van der Waals surface area contributed by atoms with E-state index in [0.29, 0.717) is 18.9 Å². The van der Waals surface area contributed by atoms with Gasteiger partial charge in [0.1, 0.15) is 6.04 Å². The van der Waals surface area contributed by atoms with Crippen molar-refractivity contribution in [1.82, 2.24) is 15.3 Å². The van der Waals surface area contributed by atoms with Crippen molar-refractivity contribution in [3.05, 3.63) is 88.2 Å². The largest absolute Gasteiger partial charge is 1.00 e. The summed E-state index contributed by atoms with van der Waals surface area (Å²) in [5.41, 5.74) is 1.67. The van der Waals surface area contributed by atoms with Crippen molar-refractivity contribution in [2.24, 2.45) is 0 Å². The van der Waals surface area contributed by atoms with E-state index in [2.05, 4.69) is 21.4 Å². The third-order valence-corrected chi connectivity index (χ3v) is 5.55. The maximum Gasteiger partial charge on any atom is 1.00 e. The molecule has 0 spiro atoms. The summed E-state index contributed by atoms with van der Waals surface area (Å²) >= 11 is 12.1. The van der Waals surface area contributed by atoms with Crippen LogP contribution in [0.4, 0.5) is 11.6 Å². The Kier molecular flexibility index (Phi) is 11.9. The summed E-state index contributed by atoms with van der Waals surface area (Å²) in [6, 6.07) is 14.7. The Morgan fingerprint density at radius 3 is 2.33 bits per heavy atom. The summed E-state index contributed by atoms with van der Waals surface area (Å²) in [7, 11) is 0. The Hall–Kier alpha value is -2.93. The van der Waals surface area contributed by atoms with E-state index in [1.54, 1.807) is 36.7 Å². The number of halogens is 2. The number of anilines is 2. The van der Waals surface area contributed by atoms with E-state index < -0.39 is 17.9 Å². The molecule has 11 heteroatoms. The number of aromatic nitrogens is 2. The molecule has 1 atom stereocenters. The van der Waals surface area contributed by atoms with Gasteiger partial charge >= 0.3 is 35.5 Å². The fourth-order valence-electron chi connectivity index (χ4n) is 3.21. The number of carbonyl (C=O) groups excluding carboxylic acids is 1. The molecule has 0 radical (unpaired) electrons. The standard InChI is InChI=1S/C25H21Cl2N5O3.Na.H/c26-19-6-2-7-20(27)22(19)23(33)31-21(24(34)35)8-1-5-17-9-11-18(12-10-17)32(16-3-13-28)25-29-14-4-15-30-25;;/h1-2,4-7,9-12,14-15,21H,3,8,16H2,(H,31,33)(H,34,35);;/q;+1;-1. The van der Waals surface area contributed by atoms with E-state index in [-0.39, 0.29) is 53.0 Å². The third-order valence-electron chi connectivity index (χ3n) is 4.92. The fraction of sp³-hybridized carbons (Fsp3) is 0.160. The van der Waals surface area contributed by atoms with Gasteiger partial charge in [-0.15, -0.1) is 0 Å². The topological polar surface area (TPSA) is 119 Å². The van der Waals surface area contributed by atoms with Crippen molar-refractivity contribution >= 4 is 52.8 Å². The molecule has 0 fully saturated rings. The molecule has 3 aromatic rings. The molecule has 0 bridgehead atoms. The molecule has 0 aliphatic rings. The number of hydrogen-bond donors (Lipinski definition) is 2. The molecular weight excluding hydrogens is 512 g/mol. The van der Waals surface area contributed by atoms with Crippen LogP contribution in [-0.4, -0.2) is 39.5 Å². The van der Waals surface area contributed by atoms with E-state index in [4.69, 9.17) is 28.5 Å². The summed E-state index contributed by atoms with van der Waals surface area (Å²) < 4.78 is 0. The van der Waals surface area contributed by atoms with Gasteiger partial charge in [-0.3, -0.25) is 4.79 Å². The molecule has 0 aliphatic heterocycles. The predicted octanol–water partition coefficient (Wildman–Crippen LogP) is 2.24. The summed E-state index contributed by atoms with van der Waals surface area (Å²) in [4.78, 5) is 34.5. The minimum atomic E-state index is -1.18. The third kappa shape index (κ3) is 8.05. The summed E-state index contributed by atoms with van der Waals surface area (Å²) in [6.07, 6.45) is 7.05. The number of carboxylic acid groups (broad SMARTS) is 1. The van der Waals surface area contributed by atoms with Crippen molar-refractivity contribution < 1.29 is 45.7 Å². The number of amides is 1. The van der Waals surface area contributed by atoms with E-state index in [1.165, 1.54) is 12.1 Å². The molecule has 0 aliphatic carbocycles. The summed E-state index contributed by atoms with van der Waals surface area (Å²) in [5.74, 6) is -1.35. The first kappa shape index (κ1) is 29.3. The van der Waals surface area contributed by atoms with Crippen LogP contribution < -0.4 is 39.8 Å². The van der Waals surface area contributed by atoms with Crippen LogP contribution in [0.15, 0.2) is 67.0 Å². The van der Waals surface area contributed by atoms with Gasteiger partial charge in [0.15, 0.2) is 0 Å². The Labute approximate surface area is 242 Å². The second-order valence-electron chi connectivity index (χ2n) is 7.30. The number of hydrogen-bond acceptors (Lipinski definition) is 6. The number of nitriles is 1. The van der Waals surface area contributed by atoms with Crippen LogP contribution in [0, 0.1) is 11.3 Å². The van der Waals surface area contributed by atoms with Crippen molar-refractivity contribution in [1.29, 1.82) is 5.26 Å². The van der Waals surface area contributed by atoms with Gasteiger partial charge in [0.25, 0.3) is 5.91 Å². The van der Waals surface area contributed by atoms with E-state index in [9.17, 15) is 14.7 Å². The Bertz CT molecular complexity index is 1240. The van der Waals surface area contributed by atoms with Gasteiger partial charge < -0.3 is 16.7 Å². The molecule has 2 N–H and O–H groups in total. The maximum absolute atomic E-state index is 12.5. The zero-order chi connectivity index (χ0) is 25.2. The number of aliphatic carboxylic acids is 1. The number of nitrogens with one attached hydrogen (secondary N) is 1. The molecular formula is C25H22Cl2N5NaO3. The molecule has 180 valence electrons. The number of rotatable bonds is 10. The number of carboxylic acids is 1. The monoisotopic (exact) mass is 533 g/mol. The molecule has 1 aromatic heterocycles. The molecule has 2 aromatic carbocycles. The molecule has 0 saturated carbocycles.